The average molecular weight is 224 g/mol. The van der Waals surface area contributed by atoms with E-state index in [0.29, 0.717) is 0 Å². The van der Waals surface area contributed by atoms with E-state index in [0.717, 1.165) is 12.2 Å². The van der Waals surface area contributed by atoms with E-state index in [4.69, 9.17) is 8.85 Å². The van der Waals surface area contributed by atoms with Gasteiger partial charge in [-0.1, -0.05) is 19.6 Å². The highest BCUT2D eigenvalue weighted by atomic mass is 31.0. The lowest BCUT2D eigenvalue weighted by atomic mass is 11.0. The molecular weight excluding hydrogens is 203 g/mol. The summed E-state index contributed by atoms with van der Waals surface area (Å²) in [5.41, 5.74) is 0. The van der Waals surface area contributed by atoms with Crippen molar-refractivity contribution in [2.75, 3.05) is 20.4 Å². The molecule has 0 aromatic heterocycles. The largest absolute Gasteiger partial charge is 0.400 e. The number of hydrogen-bond acceptors (Lipinski definition) is 2. The van der Waals surface area contributed by atoms with Gasteiger partial charge in [0.15, 0.2) is 0 Å². The molecule has 12 heavy (non-hydrogen) atoms. The predicted molar refractivity (Wildman–Crippen MR) is 62.5 cm³/mol. The maximum Gasteiger partial charge on any atom is 0.315 e. The van der Waals surface area contributed by atoms with Gasteiger partial charge in [-0.2, -0.15) is 0 Å². The first-order chi connectivity index (χ1) is 5.43. The van der Waals surface area contributed by atoms with Crippen molar-refractivity contribution in [1.29, 1.82) is 0 Å². The zero-order valence-corrected chi connectivity index (χ0v) is 12.0. The van der Waals surface area contributed by atoms with Gasteiger partial charge in [0.25, 0.3) is 0 Å². The van der Waals surface area contributed by atoms with Crippen LogP contribution in [0.15, 0.2) is 0 Å². The van der Waals surface area contributed by atoms with Crippen molar-refractivity contribution in [2.45, 2.75) is 25.7 Å². The number of rotatable bonds is 5. The lowest BCUT2D eigenvalue weighted by molar-refractivity contribution is 0.264. The van der Waals surface area contributed by atoms with Crippen LogP contribution in [0.3, 0.4) is 0 Å². The Kier molecular flexibility index (Phi) is 5.18. The van der Waals surface area contributed by atoms with Crippen molar-refractivity contribution >= 4 is 24.9 Å². The summed E-state index contributed by atoms with van der Waals surface area (Å²) in [6.07, 6.45) is 1.08. The molecule has 0 aliphatic rings. The summed E-state index contributed by atoms with van der Waals surface area (Å²) in [6, 6.07) is 1.10. The first kappa shape index (κ1) is 12.8. The van der Waals surface area contributed by atoms with Crippen LogP contribution in [-0.2, 0) is 8.85 Å². The van der Waals surface area contributed by atoms with Crippen LogP contribution >= 0.6 is 9.24 Å². The van der Waals surface area contributed by atoms with E-state index in [-0.39, 0.29) is 0 Å². The van der Waals surface area contributed by atoms with Crippen molar-refractivity contribution in [2.24, 2.45) is 0 Å². The molecule has 0 amide bonds. The standard InChI is InChI=1S/C7H21O2PSi2/c1-8-12(9-2,7-6-10)11(3,4)5/h6-7,10H2,1-5H3. The van der Waals surface area contributed by atoms with Crippen LogP contribution in [0, 0.1) is 0 Å². The molecule has 0 aliphatic carbocycles. The molecule has 2 nitrogen and oxygen atoms in total. The van der Waals surface area contributed by atoms with Crippen LogP contribution in [0.4, 0.5) is 0 Å². The van der Waals surface area contributed by atoms with Crippen molar-refractivity contribution in [3.05, 3.63) is 0 Å². The number of hydrogen-bond donors (Lipinski definition) is 0. The monoisotopic (exact) mass is 224 g/mol. The minimum absolute atomic E-state index is 1.08. The average Bonchev–Trinajstić information content (AvgIpc) is 1.98. The summed E-state index contributed by atoms with van der Waals surface area (Å²) in [7, 11) is 3.25. The second-order valence-electron chi connectivity index (χ2n) is 3.95. The van der Waals surface area contributed by atoms with Crippen molar-refractivity contribution in [3.63, 3.8) is 0 Å². The molecule has 0 saturated heterocycles. The van der Waals surface area contributed by atoms with Gasteiger partial charge in [-0.25, -0.2) is 0 Å². The van der Waals surface area contributed by atoms with Gasteiger partial charge in [0.1, 0.15) is 7.59 Å². The van der Waals surface area contributed by atoms with E-state index in [1.807, 2.05) is 0 Å². The summed E-state index contributed by atoms with van der Waals surface area (Å²) in [6.45, 7) is 6.98. The van der Waals surface area contributed by atoms with Crippen LogP contribution in [0.5, 0.6) is 0 Å². The highest BCUT2D eigenvalue weighted by molar-refractivity contribution is 7.36. The Balaban J connectivity index is 4.57. The normalized spacial score (nSPS) is 13.5. The fraction of sp³-hybridized carbons (Fsp3) is 1.00. The molecule has 74 valence electrons. The Morgan fingerprint density at radius 1 is 1.08 bits per heavy atom. The van der Waals surface area contributed by atoms with E-state index in [1.165, 1.54) is 0 Å². The lowest BCUT2D eigenvalue weighted by Gasteiger charge is -2.37. The molecule has 0 fully saturated rings. The van der Waals surface area contributed by atoms with Gasteiger partial charge < -0.3 is 8.85 Å². The molecule has 1 atom stereocenters. The van der Waals surface area contributed by atoms with Gasteiger partial charge in [-0.05, 0) is 12.2 Å². The molecule has 1 unspecified atom stereocenters. The first-order valence-electron chi connectivity index (χ1n) is 4.24. The van der Waals surface area contributed by atoms with Gasteiger partial charge in [0.2, 0.25) is 0 Å². The van der Waals surface area contributed by atoms with Crippen LogP contribution < -0.4 is 0 Å². The van der Waals surface area contributed by atoms with Gasteiger partial charge in [-0.3, -0.25) is 0 Å². The third kappa shape index (κ3) is 2.64. The third-order valence-electron chi connectivity index (χ3n) is 2.28. The maximum atomic E-state index is 5.66. The minimum Gasteiger partial charge on any atom is -0.400 e. The predicted octanol–water partition coefficient (Wildman–Crippen LogP) is 2.01. The Labute approximate surface area is 80.3 Å². The fourth-order valence-corrected chi connectivity index (χ4v) is 12.8. The molecular formula is C7H21O2PSi2. The van der Waals surface area contributed by atoms with Crippen LogP contribution in [0.25, 0.3) is 0 Å². The Morgan fingerprint density at radius 2 is 1.50 bits per heavy atom. The summed E-state index contributed by atoms with van der Waals surface area (Å²) in [4.78, 5) is 0. The summed E-state index contributed by atoms with van der Waals surface area (Å²) in [5.74, 6) is 0. The van der Waals surface area contributed by atoms with Crippen molar-refractivity contribution in [3.8, 4) is 0 Å². The molecule has 0 aliphatic heterocycles. The first-order valence-corrected chi connectivity index (χ1v) is 11.6. The smallest absolute Gasteiger partial charge is 0.315 e. The summed E-state index contributed by atoms with van der Waals surface area (Å²) < 4.78 is 11.3. The fourth-order valence-electron chi connectivity index (χ4n) is 1.46. The molecule has 0 rings (SSSR count). The van der Waals surface area contributed by atoms with E-state index < -0.39 is 15.7 Å². The highest BCUT2D eigenvalue weighted by Crippen LogP contribution is 2.25. The van der Waals surface area contributed by atoms with Crippen LogP contribution in [0.2, 0.25) is 25.7 Å². The SMILES string of the molecule is CO[Si](CCP)(OC)[Si](C)(C)C. The van der Waals surface area contributed by atoms with Gasteiger partial charge in [-0.15, -0.1) is 9.24 Å². The van der Waals surface area contributed by atoms with Crippen LogP contribution in [-0.4, -0.2) is 36.1 Å². The van der Waals surface area contributed by atoms with E-state index in [9.17, 15) is 0 Å². The second kappa shape index (κ2) is 4.86. The second-order valence-corrected chi connectivity index (χ2v) is 18.6. The zero-order chi connectivity index (χ0) is 9.83. The van der Waals surface area contributed by atoms with E-state index in [1.54, 1.807) is 14.2 Å². The molecule has 0 bridgehead atoms. The molecule has 0 N–H and O–H groups in total. The van der Waals surface area contributed by atoms with Crippen molar-refractivity contribution < 1.29 is 8.85 Å². The molecule has 0 saturated carbocycles. The highest BCUT2D eigenvalue weighted by Gasteiger charge is 2.48. The minimum atomic E-state index is -1.83. The molecule has 0 heterocycles. The van der Waals surface area contributed by atoms with Gasteiger partial charge >= 0.3 is 8.08 Å². The Morgan fingerprint density at radius 3 is 1.58 bits per heavy atom. The Hall–Kier alpha value is 0.784. The summed E-state index contributed by atoms with van der Waals surface area (Å²) >= 11 is 0. The molecule has 0 spiro atoms. The quantitative estimate of drug-likeness (QED) is 0.525. The summed E-state index contributed by atoms with van der Waals surface area (Å²) in [5, 5.41) is 0. The van der Waals surface area contributed by atoms with E-state index >= 15 is 0 Å². The third-order valence-corrected chi connectivity index (χ3v) is 16.5. The van der Waals surface area contributed by atoms with Crippen molar-refractivity contribution in [1.82, 2.24) is 0 Å². The topological polar surface area (TPSA) is 18.5 Å². The molecule has 5 heteroatoms. The molecule has 0 aromatic carbocycles. The van der Waals surface area contributed by atoms with E-state index in [2.05, 4.69) is 28.9 Å². The van der Waals surface area contributed by atoms with Gasteiger partial charge in [0, 0.05) is 14.2 Å². The zero-order valence-electron chi connectivity index (χ0n) is 8.81. The maximum absolute atomic E-state index is 5.66. The van der Waals surface area contributed by atoms with Crippen LogP contribution in [0.1, 0.15) is 0 Å². The molecule has 0 aromatic rings. The van der Waals surface area contributed by atoms with Gasteiger partial charge in [0.05, 0.1) is 0 Å². The lowest BCUT2D eigenvalue weighted by Crippen LogP contribution is -2.61. The molecule has 0 radical (unpaired) electrons. The Bertz CT molecular complexity index is 132.